The normalized spacial score (nSPS) is 11.2. The second-order valence-corrected chi connectivity index (χ2v) is 6.75. The third-order valence-corrected chi connectivity index (χ3v) is 3.70. The third-order valence-electron chi connectivity index (χ3n) is 3.70. The van der Waals surface area contributed by atoms with Gasteiger partial charge in [-0.1, -0.05) is 39.0 Å². The predicted octanol–water partition coefficient (Wildman–Crippen LogP) is 3.77. The number of carbonyl (C=O) groups is 2. The molecule has 4 nitrogen and oxygen atoms in total. The standard InChI is InChI=1S/C19H19F3N2O2/c1-19(2,3)12-6-4-5-7-14(12)24-15(25)10-23-18(26)11-8-9-13(20)17(22)16(11)21/h4-9H,10H2,1-3H3,(H,23,26)(H,24,25). The van der Waals surface area contributed by atoms with Crippen LogP contribution in [-0.2, 0) is 10.2 Å². The summed E-state index contributed by atoms with van der Waals surface area (Å²) in [5.74, 6) is -6.27. The van der Waals surface area contributed by atoms with Gasteiger partial charge < -0.3 is 10.6 Å². The first-order valence-electron chi connectivity index (χ1n) is 7.92. The summed E-state index contributed by atoms with van der Waals surface area (Å²) in [5.41, 5.74) is 0.624. The summed E-state index contributed by atoms with van der Waals surface area (Å²) in [5, 5.41) is 4.86. The van der Waals surface area contributed by atoms with Crippen molar-refractivity contribution >= 4 is 17.5 Å². The van der Waals surface area contributed by atoms with Crippen LogP contribution in [0.15, 0.2) is 36.4 Å². The quantitative estimate of drug-likeness (QED) is 0.812. The molecule has 2 aromatic carbocycles. The maximum atomic E-state index is 13.6. The van der Waals surface area contributed by atoms with Crippen LogP contribution in [-0.4, -0.2) is 18.4 Å². The van der Waals surface area contributed by atoms with Gasteiger partial charge in [0.05, 0.1) is 12.1 Å². The molecule has 0 heterocycles. The Morgan fingerprint density at radius 3 is 2.27 bits per heavy atom. The molecule has 2 amide bonds. The number of benzene rings is 2. The Kier molecular flexibility index (Phi) is 5.69. The molecule has 0 spiro atoms. The van der Waals surface area contributed by atoms with Gasteiger partial charge in [-0.3, -0.25) is 9.59 Å². The Hall–Kier alpha value is -2.83. The van der Waals surface area contributed by atoms with Crippen molar-refractivity contribution in [1.29, 1.82) is 0 Å². The molecule has 26 heavy (non-hydrogen) atoms. The van der Waals surface area contributed by atoms with Gasteiger partial charge in [-0.25, -0.2) is 13.2 Å². The summed E-state index contributed by atoms with van der Waals surface area (Å²) in [6.45, 7) is 5.53. The molecular formula is C19H19F3N2O2. The van der Waals surface area contributed by atoms with Gasteiger partial charge in [-0.2, -0.15) is 0 Å². The first-order chi connectivity index (χ1) is 12.1. The van der Waals surface area contributed by atoms with Crippen LogP contribution in [0.5, 0.6) is 0 Å². The van der Waals surface area contributed by atoms with Gasteiger partial charge in [0, 0.05) is 5.69 Å². The van der Waals surface area contributed by atoms with E-state index in [1.807, 2.05) is 32.9 Å². The largest absolute Gasteiger partial charge is 0.343 e. The molecule has 0 aliphatic carbocycles. The molecule has 0 saturated heterocycles. The molecule has 2 rings (SSSR count). The van der Waals surface area contributed by atoms with Crippen molar-refractivity contribution < 1.29 is 22.8 Å². The van der Waals surface area contributed by atoms with Crippen LogP contribution in [0.2, 0.25) is 0 Å². The molecule has 2 aromatic rings. The zero-order valence-corrected chi connectivity index (χ0v) is 14.6. The Bertz CT molecular complexity index is 845. The highest BCUT2D eigenvalue weighted by atomic mass is 19.2. The minimum absolute atomic E-state index is 0.206. The van der Waals surface area contributed by atoms with Gasteiger partial charge in [0.15, 0.2) is 17.5 Å². The zero-order valence-electron chi connectivity index (χ0n) is 14.6. The summed E-state index contributed by atoms with van der Waals surface area (Å²) in [6, 6.07) is 8.69. The van der Waals surface area contributed by atoms with Gasteiger partial charge in [0.2, 0.25) is 5.91 Å². The van der Waals surface area contributed by atoms with Crippen molar-refractivity contribution in [3.8, 4) is 0 Å². The predicted molar refractivity (Wildman–Crippen MR) is 92.4 cm³/mol. The maximum absolute atomic E-state index is 13.6. The molecular weight excluding hydrogens is 345 g/mol. The van der Waals surface area contributed by atoms with E-state index in [0.717, 1.165) is 11.6 Å². The number of hydrogen-bond acceptors (Lipinski definition) is 2. The zero-order chi connectivity index (χ0) is 19.5. The van der Waals surface area contributed by atoms with Crippen LogP contribution in [0.3, 0.4) is 0 Å². The molecule has 0 bridgehead atoms. The summed E-state index contributed by atoms with van der Waals surface area (Å²) in [7, 11) is 0. The highest BCUT2D eigenvalue weighted by Crippen LogP contribution is 2.29. The highest BCUT2D eigenvalue weighted by Gasteiger charge is 2.21. The van der Waals surface area contributed by atoms with Gasteiger partial charge in [-0.15, -0.1) is 0 Å². The summed E-state index contributed by atoms with van der Waals surface area (Å²) < 4.78 is 39.7. The van der Waals surface area contributed by atoms with Gasteiger partial charge >= 0.3 is 0 Å². The maximum Gasteiger partial charge on any atom is 0.254 e. The summed E-state index contributed by atoms with van der Waals surface area (Å²) in [4.78, 5) is 24.0. The lowest BCUT2D eigenvalue weighted by Gasteiger charge is -2.23. The smallest absolute Gasteiger partial charge is 0.254 e. The van der Waals surface area contributed by atoms with Crippen LogP contribution in [0.4, 0.5) is 18.9 Å². The van der Waals surface area contributed by atoms with Crippen molar-refractivity contribution in [3.05, 3.63) is 65.0 Å². The minimum atomic E-state index is -1.73. The molecule has 0 fully saturated rings. The molecule has 0 aromatic heterocycles. The molecule has 0 aliphatic rings. The van der Waals surface area contributed by atoms with Crippen LogP contribution < -0.4 is 10.6 Å². The first kappa shape index (κ1) is 19.5. The van der Waals surface area contributed by atoms with Crippen molar-refractivity contribution in [2.75, 3.05) is 11.9 Å². The van der Waals surface area contributed by atoms with Crippen LogP contribution in [0.25, 0.3) is 0 Å². The fourth-order valence-corrected chi connectivity index (χ4v) is 2.40. The Morgan fingerprint density at radius 2 is 1.62 bits per heavy atom. The van der Waals surface area contributed by atoms with Crippen molar-refractivity contribution in [3.63, 3.8) is 0 Å². The van der Waals surface area contributed by atoms with Gasteiger partial charge in [-0.05, 0) is 29.2 Å². The fraction of sp³-hybridized carbons (Fsp3) is 0.263. The number of amides is 2. The van der Waals surface area contributed by atoms with E-state index >= 15 is 0 Å². The van der Waals surface area contributed by atoms with E-state index in [-0.39, 0.29) is 5.41 Å². The average molecular weight is 364 g/mol. The molecule has 0 saturated carbocycles. The van der Waals surface area contributed by atoms with E-state index in [2.05, 4.69) is 10.6 Å². The Labute approximate surface area is 149 Å². The van der Waals surface area contributed by atoms with Crippen molar-refractivity contribution in [2.45, 2.75) is 26.2 Å². The Morgan fingerprint density at radius 1 is 0.962 bits per heavy atom. The molecule has 138 valence electrons. The number of rotatable bonds is 4. The molecule has 0 radical (unpaired) electrons. The SMILES string of the molecule is CC(C)(C)c1ccccc1NC(=O)CNC(=O)c1ccc(F)c(F)c1F. The van der Waals surface area contributed by atoms with E-state index in [0.29, 0.717) is 11.8 Å². The first-order valence-corrected chi connectivity index (χ1v) is 7.92. The summed E-state index contributed by atoms with van der Waals surface area (Å²) >= 11 is 0. The van der Waals surface area contributed by atoms with E-state index in [9.17, 15) is 22.8 Å². The topological polar surface area (TPSA) is 58.2 Å². The molecule has 0 aliphatic heterocycles. The second-order valence-electron chi connectivity index (χ2n) is 6.75. The highest BCUT2D eigenvalue weighted by molar-refractivity contribution is 5.99. The third kappa shape index (κ3) is 4.41. The average Bonchev–Trinajstić information content (AvgIpc) is 2.57. The molecule has 7 heteroatoms. The number of hydrogen-bond donors (Lipinski definition) is 2. The lowest BCUT2D eigenvalue weighted by atomic mass is 9.86. The van der Waals surface area contributed by atoms with Crippen LogP contribution >= 0.6 is 0 Å². The van der Waals surface area contributed by atoms with Crippen molar-refractivity contribution in [1.82, 2.24) is 5.32 Å². The van der Waals surface area contributed by atoms with E-state index in [4.69, 9.17) is 0 Å². The number of anilines is 1. The van der Waals surface area contributed by atoms with E-state index in [1.165, 1.54) is 0 Å². The number of para-hydroxylation sites is 1. The monoisotopic (exact) mass is 364 g/mol. The number of carbonyl (C=O) groups excluding carboxylic acids is 2. The lowest BCUT2D eigenvalue weighted by molar-refractivity contribution is -0.115. The number of nitrogens with one attached hydrogen (secondary N) is 2. The molecule has 0 unspecified atom stereocenters. The van der Waals surface area contributed by atoms with Crippen LogP contribution in [0.1, 0.15) is 36.7 Å². The number of halogens is 3. The minimum Gasteiger partial charge on any atom is -0.343 e. The lowest BCUT2D eigenvalue weighted by Crippen LogP contribution is -2.34. The van der Waals surface area contributed by atoms with Gasteiger partial charge in [0.25, 0.3) is 5.91 Å². The van der Waals surface area contributed by atoms with Crippen molar-refractivity contribution in [2.24, 2.45) is 0 Å². The molecule has 2 N–H and O–H groups in total. The van der Waals surface area contributed by atoms with Gasteiger partial charge in [0.1, 0.15) is 0 Å². The Balaban J connectivity index is 2.04. The summed E-state index contributed by atoms with van der Waals surface area (Å²) in [6.07, 6.45) is 0. The molecule has 0 atom stereocenters. The van der Waals surface area contributed by atoms with E-state index in [1.54, 1.807) is 12.1 Å². The van der Waals surface area contributed by atoms with Crippen LogP contribution in [0, 0.1) is 17.5 Å². The fourth-order valence-electron chi connectivity index (χ4n) is 2.40. The van der Waals surface area contributed by atoms with E-state index < -0.39 is 41.4 Å². The second kappa shape index (κ2) is 7.59.